The van der Waals surface area contributed by atoms with Crippen molar-refractivity contribution in [3.8, 4) is 9.88 Å². The van der Waals surface area contributed by atoms with E-state index in [0.717, 1.165) is 38.0 Å². The van der Waals surface area contributed by atoms with Gasteiger partial charge in [0.15, 0.2) is 0 Å². The Morgan fingerprint density at radius 2 is 2.00 bits per heavy atom. The summed E-state index contributed by atoms with van der Waals surface area (Å²) in [6.07, 6.45) is 6.56. The first-order valence-corrected chi connectivity index (χ1v) is 10.2. The highest BCUT2D eigenvalue weighted by molar-refractivity contribution is 7.21. The molecule has 2 heterocycles. The topological polar surface area (TPSA) is 68.0 Å². The van der Waals surface area contributed by atoms with Crippen LogP contribution in [0.1, 0.15) is 20.8 Å². The van der Waals surface area contributed by atoms with Gasteiger partial charge in [-0.25, -0.2) is 13.8 Å². The minimum absolute atomic E-state index is 0.0509. The molecule has 148 valence electrons. The van der Waals surface area contributed by atoms with Crippen LogP contribution in [-0.4, -0.2) is 10.9 Å². The molecule has 1 amide bonds. The summed E-state index contributed by atoms with van der Waals surface area (Å²) in [6, 6.07) is 5.21. The van der Waals surface area contributed by atoms with Crippen molar-refractivity contribution in [2.75, 3.05) is 0 Å². The maximum Gasteiger partial charge on any atom is 0.262 e. The zero-order valence-corrected chi connectivity index (χ0v) is 17.0. The fourth-order valence-corrected chi connectivity index (χ4v) is 4.37. The van der Waals surface area contributed by atoms with Crippen molar-refractivity contribution in [3.05, 3.63) is 94.1 Å². The average molecular weight is 430 g/mol. The van der Waals surface area contributed by atoms with Gasteiger partial charge >= 0.3 is 0 Å². The molecule has 0 atom stereocenters. The number of nitrogens with zero attached hydrogens (tertiary/aromatic N) is 1. The number of carbonyl (C=O) groups excluding carboxylic acids is 1. The molecule has 0 fully saturated rings. The zero-order chi connectivity index (χ0) is 21.0. The Balaban J connectivity index is 1.82. The molecule has 3 N–H and O–H groups in total. The number of thiazole rings is 1. The molecule has 1 aromatic carbocycles. The smallest absolute Gasteiger partial charge is 0.262 e. The van der Waals surface area contributed by atoms with Gasteiger partial charge in [-0.3, -0.25) is 4.79 Å². The molecule has 29 heavy (non-hydrogen) atoms. The minimum atomic E-state index is -0.958. The SMILES string of the molecule is C=C/C(=C\C=C(/N)NC(=O)c1c(F)cccc1F)c1cc(-c2nccs2)sc1C. The molecule has 4 nitrogen and oxygen atoms in total. The zero-order valence-electron chi connectivity index (χ0n) is 15.4. The maximum atomic E-state index is 13.7. The number of hydrogen-bond donors (Lipinski definition) is 2. The molecule has 0 saturated carbocycles. The van der Waals surface area contributed by atoms with E-state index in [-0.39, 0.29) is 5.82 Å². The Labute approximate surface area is 174 Å². The second-order valence-corrected chi connectivity index (χ2v) is 8.07. The third kappa shape index (κ3) is 4.67. The molecule has 3 rings (SSSR count). The van der Waals surface area contributed by atoms with Crippen LogP contribution in [-0.2, 0) is 0 Å². The van der Waals surface area contributed by atoms with Crippen molar-refractivity contribution in [3.63, 3.8) is 0 Å². The first-order valence-electron chi connectivity index (χ1n) is 8.46. The number of amides is 1. The van der Waals surface area contributed by atoms with Crippen LogP contribution < -0.4 is 11.1 Å². The van der Waals surface area contributed by atoms with Crippen molar-refractivity contribution in [1.29, 1.82) is 0 Å². The molecular formula is C21H17F2N3OS2. The number of nitrogens with one attached hydrogen (secondary N) is 1. The highest BCUT2D eigenvalue weighted by atomic mass is 32.1. The standard InChI is InChI=1S/C21H17F2N3OS2/c1-3-13(14-11-17(29-12(14)2)21-25-9-10-28-21)7-8-18(24)26-20(27)19-15(22)5-4-6-16(19)23/h3-11H,1,24H2,2H3,(H,26,27)/b13-7+,18-8+. The summed E-state index contributed by atoms with van der Waals surface area (Å²) in [5.74, 6) is -2.92. The van der Waals surface area contributed by atoms with Crippen LogP contribution in [0.2, 0.25) is 0 Å². The number of rotatable bonds is 6. The Hall–Kier alpha value is -3.10. The van der Waals surface area contributed by atoms with Gasteiger partial charge in [-0.2, -0.15) is 0 Å². The van der Waals surface area contributed by atoms with E-state index >= 15 is 0 Å². The van der Waals surface area contributed by atoms with E-state index in [0.29, 0.717) is 0 Å². The number of aromatic nitrogens is 1. The minimum Gasteiger partial charge on any atom is -0.385 e. The van der Waals surface area contributed by atoms with Crippen LogP contribution in [0, 0.1) is 18.6 Å². The van der Waals surface area contributed by atoms with E-state index in [2.05, 4.69) is 16.9 Å². The lowest BCUT2D eigenvalue weighted by Crippen LogP contribution is -2.28. The highest BCUT2D eigenvalue weighted by Gasteiger charge is 2.17. The Morgan fingerprint density at radius 3 is 2.62 bits per heavy atom. The van der Waals surface area contributed by atoms with Gasteiger partial charge in [0.05, 0.1) is 4.88 Å². The normalized spacial score (nSPS) is 12.1. The number of benzene rings is 1. The van der Waals surface area contributed by atoms with E-state index in [1.165, 1.54) is 12.1 Å². The van der Waals surface area contributed by atoms with Crippen molar-refractivity contribution < 1.29 is 13.6 Å². The van der Waals surface area contributed by atoms with Crippen LogP contribution in [0.25, 0.3) is 15.5 Å². The summed E-state index contributed by atoms with van der Waals surface area (Å²) in [4.78, 5) is 18.5. The van der Waals surface area contributed by atoms with Gasteiger partial charge in [0.25, 0.3) is 5.91 Å². The number of thiophene rings is 1. The first kappa shape index (κ1) is 20.6. The van der Waals surface area contributed by atoms with E-state index in [9.17, 15) is 13.6 Å². The van der Waals surface area contributed by atoms with Crippen LogP contribution in [0.15, 0.2) is 66.5 Å². The monoisotopic (exact) mass is 429 g/mol. The summed E-state index contributed by atoms with van der Waals surface area (Å²) in [7, 11) is 0. The summed E-state index contributed by atoms with van der Waals surface area (Å²) in [5, 5.41) is 5.13. The van der Waals surface area contributed by atoms with Crippen LogP contribution in [0.3, 0.4) is 0 Å². The largest absolute Gasteiger partial charge is 0.385 e. The van der Waals surface area contributed by atoms with Gasteiger partial charge in [0.1, 0.15) is 28.0 Å². The number of nitrogens with two attached hydrogens (primary N) is 1. The van der Waals surface area contributed by atoms with Gasteiger partial charge in [-0.15, -0.1) is 22.7 Å². The van der Waals surface area contributed by atoms with Crippen molar-refractivity contribution in [1.82, 2.24) is 10.3 Å². The van der Waals surface area contributed by atoms with Gasteiger partial charge in [0, 0.05) is 16.5 Å². The summed E-state index contributed by atoms with van der Waals surface area (Å²) < 4.78 is 27.4. The predicted molar refractivity (Wildman–Crippen MR) is 114 cm³/mol. The molecule has 3 aromatic rings. The van der Waals surface area contributed by atoms with Gasteiger partial charge in [-0.05, 0) is 42.3 Å². The molecule has 0 aliphatic carbocycles. The molecule has 0 unspecified atom stereocenters. The lowest BCUT2D eigenvalue weighted by Gasteiger charge is -2.07. The third-order valence-electron chi connectivity index (χ3n) is 3.98. The molecule has 0 bridgehead atoms. The van der Waals surface area contributed by atoms with Crippen molar-refractivity contribution in [2.24, 2.45) is 5.73 Å². The number of hydrogen-bond acceptors (Lipinski definition) is 5. The predicted octanol–water partition coefficient (Wildman–Crippen LogP) is 5.26. The molecular weight excluding hydrogens is 412 g/mol. The highest BCUT2D eigenvalue weighted by Crippen LogP contribution is 2.35. The fourth-order valence-electron chi connectivity index (χ4n) is 2.62. The second-order valence-electron chi connectivity index (χ2n) is 5.92. The fraction of sp³-hybridized carbons (Fsp3) is 0.0476. The molecule has 8 heteroatoms. The Bertz CT molecular complexity index is 1090. The molecule has 0 saturated heterocycles. The van der Waals surface area contributed by atoms with E-state index in [1.807, 2.05) is 18.4 Å². The van der Waals surface area contributed by atoms with Crippen LogP contribution in [0.4, 0.5) is 8.78 Å². The van der Waals surface area contributed by atoms with Crippen LogP contribution in [0.5, 0.6) is 0 Å². The summed E-state index contributed by atoms with van der Waals surface area (Å²) in [5.41, 5.74) is 6.88. The number of carbonyl (C=O) groups is 1. The van der Waals surface area contributed by atoms with E-state index < -0.39 is 23.1 Å². The lowest BCUT2D eigenvalue weighted by molar-refractivity contribution is 0.0957. The number of halogens is 2. The number of allylic oxidation sites excluding steroid dienone is 4. The molecule has 0 aliphatic heterocycles. The quantitative estimate of drug-likeness (QED) is 0.526. The molecule has 0 radical (unpaired) electrons. The molecule has 0 spiro atoms. The Morgan fingerprint density at radius 1 is 1.28 bits per heavy atom. The lowest BCUT2D eigenvalue weighted by atomic mass is 10.1. The van der Waals surface area contributed by atoms with E-state index in [4.69, 9.17) is 5.73 Å². The third-order valence-corrected chi connectivity index (χ3v) is 5.97. The maximum absolute atomic E-state index is 13.7. The van der Waals surface area contributed by atoms with Crippen molar-refractivity contribution in [2.45, 2.75) is 6.92 Å². The summed E-state index contributed by atoms with van der Waals surface area (Å²) in [6.45, 7) is 5.82. The Kier molecular flexibility index (Phi) is 6.36. The average Bonchev–Trinajstić information content (AvgIpc) is 3.32. The second kappa shape index (κ2) is 8.93. The molecule has 0 aliphatic rings. The van der Waals surface area contributed by atoms with Gasteiger partial charge in [-0.1, -0.05) is 24.8 Å². The van der Waals surface area contributed by atoms with Crippen molar-refractivity contribution >= 4 is 34.2 Å². The number of aryl methyl sites for hydroxylation is 1. The molecule has 2 aromatic heterocycles. The first-order chi connectivity index (χ1) is 13.9. The summed E-state index contributed by atoms with van der Waals surface area (Å²) >= 11 is 3.17. The van der Waals surface area contributed by atoms with E-state index in [1.54, 1.807) is 41.0 Å². The van der Waals surface area contributed by atoms with Crippen LogP contribution >= 0.6 is 22.7 Å². The van der Waals surface area contributed by atoms with Gasteiger partial charge in [0.2, 0.25) is 0 Å². The van der Waals surface area contributed by atoms with Gasteiger partial charge < -0.3 is 11.1 Å².